The molecule has 27 heavy (non-hydrogen) atoms. The van der Waals surface area contributed by atoms with Gasteiger partial charge < -0.3 is 20.1 Å². The van der Waals surface area contributed by atoms with Gasteiger partial charge in [0.2, 0.25) is 5.91 Å². The van der Waals surface area contributed by atoms with E-state index in [4.69, 9.17) is 9.47 Å². The van der Waals surface area contributed by atoms with Crippen LogP contribution in [0, 0.1) is 6.92 Å². The summed E-state index contributed by atoms with van der Waals surface area (Å²) in [6.07, 6.45) is 2.17. The molecule has 1 amide bonds. The first-order chi connectivity index (χ1) is 13.1. The molecule has 0 radical (unpaired) electrons. The monoisotopic (exact) mass is 370 g/mol. The van der Waals surface area contributed by atoms with Crippen LogP contribution in [0.1, 0.15) is 30.0 Å². The molecule has 0 atom stereocenters. The summed E-state index contributed by atoms with van der Waals surface area (Å²) in [5.74, 6) is 1.46. The second-order valence-corrected chi connectivity index (χ2v) is 6.43. The van der Waals surface area contributed by atoms with Crippen molar-refractivity contribution in [3.05, 3.63) is 53.1 Å². The molecule has 0 aliphatic carbocycles. The maximum Gasteiger partial charge on any atom is 0.221 e. The van der Waals surface area contributed by atoms with Crippen LogP contribution in [0.15, 0.2) is 36.4 Å². The molecule has 2 N–H and O–H groups in total. The number of benzene rings is 2. The van der Waals surface area contributed by atoms with Gasteiger partial charge in [-0.05, 0) is 48.6 Å². The van der Waals surface area contributed by atoms with Crippen LogP contribution in [0.5, 0.6) is 11.5 Å². The first kappa shape index (κ1) is 20.6. The van der Waals surface area contributed by atoms with E-state index < -0.39 is 0 Å². The van der Waals surface area contributed by atoms with Gasteiger partial charge in [0.1, 0.15) is 0 Å². The Morgan fingerprint density at radius 1 is 1.04 bits per heavy atom. The van der Waals surface area contributed by atoms with Crippen LogP contribution >= 0.6 is 0 Å². The van der Waals surface area contributed by atoms with Gasteiger partial charge in [-0.25, -0.2) is 0 Å². The predicted octanol–water partition coefficient (Wildman–Crippen LogP) is 3.74. The van der Waals surface area contributed by atoms with E-state index in [0.717, 1.165) is 24.1 Å². The van der Waals surface area contributed by atoms with Crippen molar-refractivity contribution in [1.29, 1.82) is 0 Å². The second-order valence-electron chi connectivity index (χ2n) is 6.43. The van der Waals surface area contributed by atoms with Gasteiger partial charge >= 0.3 is 0 Å². The molecule has 0 saturated carbocycles. The average molecular weight is 370 g/mol. The Morgan fingerprint density at radius 2 is 1.81 bits per heavy atom. The number of aryl methyl sites for hydroxylation is 2. The summed E-state index contributed by atoms with van der Waals surface area (Å²) in [6.45, 7) is 5.45. The number of hydrogen-bond donors (Lipinski definition) is 2. The van der Waals surface area contributed by atoms with Crippen LogP contribution in [0.3, 0.4) is 0 Å². The minimum Gasteiger partial charge on any atom is -0.493 e. The van der Waals surface area contributed by atoms with Crippen LogP contribution in [0.2, 0.25) is 0 Å². The van der Waals surface area contributed by atoms with Crippen LogP contribution in [-0.2, 0) is 17.6 Å². The fourth-order valence-corrected chi connectivity index (χ4v) is 3.05. The number of nitrogens with one attached hydrogen (secondary N) is 2. The van der Waals surface area contributed by atoms with Gasteiger partial charge in [-0.2, -0.15) is 0 Å². The number of carbonyl (C=O) groups is 1. The fourth-order valence-electron chi connectivity index (χ4n) is 3.05. The lowest BCUT2D eigenvalue weighted by molar-refractivity contribution is -0.120. The van der Waals surface area contributed by atoms with E-state index in [1.165, 1.54) is 11.1 Å². The van der Waals surface area contributed by atoms with Crippen molar-refractivity contribution in [1.82, 2.24) is 5.32 Å². The molecular formula is C22H30N2O3. The van der Waals surface area contributed by atoms with E-state index in [2.05, 4.69) is 42.7 Å². The highest BCUT2D eigenvalue weighted by atomic mass is 16.5. The number of rotatable bonds is 10. The topological polar surface area (TPSA) is 59.6 Å². The minimum absolute atomic E-state index is 0.0506. The number of anilines is 1. The van der Waals surface area contributed by atoms with Crippen LogP contribution in [-0.4, -0.2) is 33.2 Å². The van der Waals surface area contributed by atoms with Crippen molar-refractivity contribution in [2.24, 2.45) is 0 Å². The SMILES string of the molecule is CCc1cccc(C)c1NCCC(=O)NCCc1ccc(OC)c(OC)c1. The number of methoxy groups -OCH3 is 2. The molecule has 0 heterocycles. The number of ether oxygens (including phenoxy) is 2. The lowest BCUT2D eigenvalue weighted by Crippen LogP contribution is -2.27. The summed E-state index contributed by atoms with van der Waals surface area (Å²) in [5.41, 5.74) is 4.74. The quantitative estimate of drug-likeness (QED) is 0.669. The number of hydrogen-bond acceptors (Lipinski definition) is 4. The smallest absolute Gasteiger partial charge is 0.221 e. The molecular weight excluding hydrogens is 340 g/mol. The summed E-state index contributed by atoms with van der Waals surface area (Å²) >= 11 is 0. The van der Waals surface area contributed by atoms with E-state index in [-0.39, 0.29) is 5.91 Å². The molecule has 0 bridgehead atoms. The Labute approximate surface area is 162 Å². The van der Waals surface area contributed by atoms with Crippen molar-refractivity contribution in [2.45, 2.75) is 33.1 Å². The van der Waals surface area contributed by atoms with Crippen molar-refractivity contribution in [2.75, 3.05) is 32.6 Å². The fraction of sp³-hybridized carbons (Fsp3) is 0.409. The van der Waals surface area contributed by atoms with Crippen molar-refractivity contribution >= 4 is 11.6 Å². The highest BCUT2D eigenvalue weighted by Crippen LogP contribution is 2.27. The summed E-state index contributed by atoms with van der Waals surface area (Å²) in [4.78, 5) is 12.1. The zero-order valence-corrected chi connectivity index (χ0v) is 16.7. The third-order valence-electron chi connectivity index (χ3n) is 4.58. The summed E-state index contributed by atoms with van der Waals surface area (Å²) < 4.78 is 10.5. The average Bonchev–Trinajstić information content (AvgIpc) is 2.68. The maximum atomic E-state index is 12.1. The first-order valence-corrected chi connectivity index (χ1v) is 9.39. The van der Waals surface area contributed by atoms with Crippen molar-refractivity contribution in [3.63, 3.8) is 0 Å². The molecule has 0 unspecified atom stereocenters. The highest BCUT2D eigenvalue weighted by Gasteiger charge is 2.07. The van der Waals surface area contributed by atoms with Gasteiger partial charge in [-0.15, -0.1) is 0 Å². The van der Waals surface area contributed by atoms with E-state index in [1.807, 2.05) is 18.2 Å². The molecule has 5 heteroatoms. The number of para-hydroxylation sites is 1. The zero-order chi connectivity index (χ0) is 19.6. The number of amides is 1. The Morgan fingerprint density at radius 3 is 2.52 bits per heavy atom. The molecule has 0 spiro atoms. The van der Waals surface area contributed by atoms with E-state index >= 15 is 0 Å². The Balaban J connectivity index is 1.76. The first-order valence-electron chi connectivity index (χ1n) is 9.39. The minimum atomic E-state index is 0.0506. The predicted molar refractivity (Wildman–Crippen MR) is 110 cm³/mol. The molecule has 0 aliphatic rings. The zero-order valence-electron chi connectivity index (χ0n) is 16.7. The van der Waals surface area contributed by atoms with Crippen molar-refractivity contribution < 1.29 is 14.3 Å². The van der Waals surface area contributed by atoms with Gasteiger partial charge in [-0.1, -0.05) is 31.2 Å². The molecule has 2 rings (SSSR count). The summed E-state index contributed by atoms with van der Waals surface area (Å²) in [5, 5.41) is 6.38. The molecule has 0 fully saturated rings. The summed E-state index contributed by atoms with van der Waals surface area (Å²) in [7, 11) is 3.24. The molecule has 0 aliphatic heterocycles. The number of carbonyl (C=O) groups excluding carboxylic acids is 1. The maximum absolute atomic E-state index is 12.1. The third kappa shape index (κ3) is 5.91. The molecule has 2 aromatic carbocycles. The Kier molecular flexibility index (Phi) is 7.99. The highest BCUT2D eigenvalue weighted by molar-refractivity contribution is 5.76. The van der Waals surface area contributed by atoms with Gasteiger partial charge in [0, 0.05) is 25.2 Å². The van der Waals surface area contributed by atoms with Crippen LogP contribution in [0.4, 0.5) is 5.69 Å². The normalized spacial score (nSPS) is 10.4. The van der Waals surface area contributed by atoms with Crippen molar-refractivity contribution in [3.8, 4) is 11.5 Å². The molecule has 0 aromatic heterocycles. The van der Waals surface area contributed by atoms with E-state index in [1.54, 1.807) is 14.2 Å². The van der Waals surface area contributed by atoms with Gasteiger partial charge in [0.25, 0.3) is 0 Å². The standard InChI is InChI=1S/C22H30N2O3/c1-5-18-8-6-7-16(2)22(18)24-14-12-21(25)23-13-11-17-9-10-19(26-3)20(15-17)27-4/h6-10,15,24H,5,11-14H2,1-4H3,(H,23,25). The van der Waals surface area contributed by atoms with E-state index in [9.17, 15) is 4.79 Å². The third-order valence-corrected chi connectivity index (χ3v) is 4.58. The largest absolute Gasteiger partial charge is 0.493 e. The van der Waals surface area contributed by atoms with E-state index in [0.29, 0.717) is 31.0 Å². The summed E-state index contributed by atoms with van der Waals surface area (Å²) in [6, 6.07) is 12.1. The van der Waals surface area contributed by atoms with Gasteiger partial charge in [-0.3, -0.25) is 4.79 Å². The lowest BCUT2D eigenvalue weighted by atomic mass is 10.1. The molecule has 5 nitrogen and oxygen atoms in total. The molecule has 146 valence electrons. The van der Waals surface area contributed by atoms with Crippen LogP contribution < -0.4 is 20.1 Å². The van der Waals surface area contributed by atoms with Gasteiger partial charge in [0.05, 0.1) is 14.2 Å². The molecule has 0 saturated heterocycles. The lowest BCUT2D eigenvalue weighted by Gasteiger charge is -2.14. The van der Waals surface area contributed by atoms with Crippen LogP contribution in [0.25, 0.3) is 0 Å². The second kappa shape index (κ2) is 10.5. The van der Waals surface area contributed by atoms with Gasteiger partial charge in [0.15, 0.2) is 11.5 Å². The Hall–Kier alpha value is -2.69. The molecule has 2 aromatic rings. The Bertz CT molecular complexity index is 759.